The Morgan fingerprint density at radius 3 is 2.57 bits per heavy atom. The number of aliphatic imine (C=N–C) groups is 1. The molecule has 0 spiro atoms. The van der Waals surface area contributed by atoms with Gasteiger partial charge in [-0.05, 0) is 25.7 Å². The van der Waals surface area contributed by atoms with E-state index in [1.165, 1.54) is 0 Å². The van der Waals surface area contributed by atoms with Crippen molar-refractivity contribution in [1.29, 1.82) is 0 Å². The molecular weight excluding hydrogens is 282 g/mol. The molecule has 0 bridgehead atoms. The summed E-state index contributed by atoms with van der Waals surface area (Å²) in [6, 6.07) is 0. The number of hydrogen-bond donors (Lipinski definition) is 2. The normalized spacial score (nSPS) is 21.0. The minimum Gasteiger partial charge on any atom is -0.388 e. The number of rotatable bonds is 6. The van der Waals surface area contributed by atoms with Crippen molar-refractivity contribution in [1.82, 2.24) is 10.2 Å². The third-order valence-electron chi connectivity index (χ3n) is 4.31. The van der Waals surface area contributed by atoms with Gasteiger partial charge in [-0.3, -0.25) is 4.99 Å². The molecule has 1 heterocycles. The molecule has 21 heavy (non-hydrogen) atoms. The highest BCUT2D eigenvalue weighted by atomic mass is 32.2. The molecule has 0 radical (unpaired) electrons. The van der Waals surface area contributed by atoms with Gasteiger partial charge in [0.05, 0.1) is 12.1 Å². The number of guanidine groups is 1. The first-order valence-electron chi connectivity index (χ1n) is 8.33. The van der Waals surface area contributed by atoms with Crippen molar-refractivity contribution in [3.8, 4) is 0 Å². The summed E-state index contributed by atoms with van der Waals surface area (Å²) in [5.41, 5.74) is -0.664. The van der Waals surface area contributed by atoms with Gasteiger partial charge in [-0.15, -0.1) is 0 Å². The van der Waals surface area contributed by atoms with Crippen LogP contribution in [0.4, 0.5) is 0 Å². The largest absolute Gasteiger partial charge is 0.388 e. The van der Waals surface area contributed by atoms with E-state index in [2.05, 4.69) is 42.7 Å². The van der Waals surface area contributed by atoms with Crippen LogP contribution in [-0.2, 0) is 0 Å². The molecule has 0 aromatic heterocycles. The maximum atomic E-state index is 10.4. The molecule has 2 N–H and O–H groups in total. The van der Waals surface area contributed by atoms with E-state index in [0.29, 0.717) is 17.7 Å². The van der Waals surface area contributed by atoms with Gasteiger partial charge in [0.1, 0.15) is 0 Å². The van der Waals surface area contributed by atoms with Crippen LogP contribution in [-0.4, -0.2) is 58.7 Å². The molecule has 0 amide bonds. The summed E-state index contributed by atoms with van der Waals surface area (Å²) < 4.78 is 0. The van der Waals surface area contributed by atoms with Crippen molar-refractivity contribution in [2.45, 2.75) is 58.3 Å². The number of aliphatic hydroxyl groups is 1. The zero-order chi connectivity index (χ0) is 15.9. The second-order valence-corrected chi connectivity index (χ2v) is 7.55. The highest BCUT2D eigenvalue weighted by molar-refractivity contribution is 8.00. The Morgan fingerprint density at radius 1 is 1.38 bits per heavy atom. The van der Waals surface area contributed by atoms with Crippen LogP contribution < -0.4 is 5.32 Å². The minimum atomic E-state index is -0.664. The molecule has 1 aliphatic heterocycles. The standard InChI is InChI=1S/C16H33N3OS/c1-6-16(20,7-2)12-18-15(17-8-3)19-9-10-21-14(11-19)13(4)5/h13-14,20H,6-12H2,1-5H3,(H,17,18). The fourth-order valence-corrected chi connectivity index (χ4v) is 3.69. The van der Waals surface area contributed by atoms with Crippen molar-refractivity contribution in [3.63, 3.8) is 0 Å². The Morgan fingerprint density at radius 2 is 2.05 bits per heavy atom. The number of thioether (sulfide) groups is 1. The van der Waals surface area contributed by atoms with E-state index < -0.39 is 5.60 Å². The van der Waals surface area contributed by atoms with E-state index in [1.54, 1.807) is 0 Å². The van der Waals surface area contributed by atoms with Crippen LogP contribution >= 0.6 is 11.8 Å². The minimum absolute atomic E-state index is 0.484. The summed E-state index contributed by atoms with van der Waals surface area (Å²) in [6.07, 6.45) is 1.49. The lowest BCUT2D eigenvalue weighted by atomic mass is 9.98. The third-order valence-corrected chi connectivity index (χ3v) is 5.85. The molecule has 0 saturated carbocycles. The average Bonchev–Trinajstić information content (AvgIpc) is 2.51. The molecule has 1 saturated heterocycles. The first kappa shape index (κ1) is 18.6. The maximum absolute atomic E-state index is 10.4. The number of nitrogens with one attached hydrogen (secondary N) is 1. The summed E-state index contributed by atoms with van der Waals surface area (Å²) >= 11 is 2.07. The molecule has 124 valence electrons. The van der Waals surface area contributed by atoms with Crippen LogP contribution in [0.25, 0.3) is 0 Å². The van der Waals surface area contributed by atoms with Crippen molar-refractivity contribution in [2.75, 3.05) is 31.9 Å². The third kappa shape index (κ3) is 5.70. The zero-order valence-corrected chi connectivity index (χ0v) is 15.2. The molecule has 1 unspecified atom stereocenters. The molecule has 0 aliphatic carbocycles. The monoisotopic (exact) mass is 315 g/mol. The fraction of sp³-hybridized carbons (Fsp3) is 0.938. The van der Waals surface area contributed by atoms with E-state index in [9.17, 15) is 5.11 Å². The predicted octanol–water partition coefficient (Wildman–Crippen LogP) is 2.58. The van der Waals surface area contributed by atoms with E-state index in [1.807, 2.05) is 13.8 Å². The quantitative estimate of drug-likeness (QED) is 0.584. The molecule has 4 nitrogen and oxygen atoms in total. The molecule has 0 aromatic carbocycles. The van der Waals surface area contributed by atoms with Crippen LogP contribution in [0.1, 0.15) is 47.5 Å². The highest BCUT2D eigenvalue weighted by Gasteiger charge is 2.26. The van der Waals surface area contributed by atoms with E-state index in [-0.39, 0.29) is 0 Å². The van der Waals surface area contributed by atoms with E-state index in [0.717, 1.165) is 44.2 Å². The van der Waals surface area contributed by atoms with E-state index >= 15 is 0 Å². The van der Waals surface area contributed by atoms with Gasteiger partial charge in [0.25, 0.3) is 0 Å². The number of nitrogens with zero attached hydrogens (tertiary/aromatic N) is 2. The van der Waals surface area contributed by atoms with Crippen molar-refractivity contribution < 1.29 is 5.11 Å². The van der Waals surface area contributed by atoms with Crippen LogP contribution in [0.15, 0.2) is 4.99 Å². The SMILES string of the molecule is CCNC(=NCC(O)(CC)CC)N1CCSC(C(C)C)C1. The summed E-state index contributed by atoms with van der Waals surface area (Å²) in [6.45, 7) is 14.2. The summed E-state index contributed by atoms with van der Waals surface area (Å²) in [5.74, 6) is 2.80. The van der Waals surface area contributed by atoms with Crippen LogP contribution in [0, 0.1) is 5.92 Å². The Balaban J connectivity index is 2.75. The Hall–Kier alpha value is -0.420. The van der Waals surface area contributed by atoms with Gasteiger partial charge in [-0.2, -0.15) is 11.8 Å². The second-order valence-electron chi connectivity index (χ2n) is 6.20. The van der Waals surface area contributed by atoms with Crippen molar-refractivity contribution in [2.24, 2.45) is 10.9 Å². The van der Waals surface area contributed by atoms with Crippen molar-refractivity contribution in [3.05, 3.63) is 0 Å². The molecule has 1 atom stereocenters. The topological polar surface area (TPSA) is 47.9 Å². The summed E-state index contributed by atoms with van der Waals surface area (Å²) in [7, 11) is 0. The first-order valence-corrected chi connectivity index (χ1v) is 9.37. The average molecular weight is 316 g/mol. The second kappa shape index (κ2) is 8.89. The summed E-state index contributed by atoms with van der Waals surface area (Å²) in [5, 5.41) is 14.5. The van der Waals surface area contributed by atoms with Gasteiger partial charge in [0.2, 0.25) is 0 Å². The zero-order valence-electron chi connectivity index (χ0n) is 14.4. The molecule has 1 fully saturated rings. The lowest BCUT2D eigenvalue weighted by Crippen LogP contribution is -2.49. The molecular formula is C16H33N3OS. The Bertz CT molecular complexity index is 329. The van der Waals surface area contributed by atoms with Gasteiger partial charge >= 0.3 is 0 Å². The first-order chi connectivity index (χ1) is 9.95. The Kier molecular flexibility index (Phi) is 7.88. The lowest BCUT2D eigenvalue weighted by Gasteiger charge is -2.36. The van der Waals surface area contributed by atoms with Crippen molar-refractivity contribution >= 4 is 17.7 Å². The molecule has 1 aliphatic rings. The fourth-order valence-electron chi connectivity index (χ4n) is 2.39. The Labute approximate surface area is 134 Å². The van der Waals surface area contributed by atoms with Gasteiger partial charge < -0.3 is 15.3 Å². The smallest absolute Gasteiger partial charge is 0.194 e. The van der Waals surface area contributed by atoms with Gasteiger partial charge in [0, 0.05) is 30.6 Å². The lowest BCUT2D eigenvalue weighted by molar-refractivity contribution is 0.0415. The van der Waals surface area contributed by atoms with E-state index in [4.69, 9.17) is 4.99 Å². The summed E-state index contributed by atoms with van der Waals surface area (Å²) in [4.78, 5) is 7.07. The van der Waals surface area contributed by atoms with Gasteiger partial charge in [0.15, 0.2) is 5.96 Å². The van der Waals surface area contributed by atoms with Gasteiger partial charge in [-0.25, -0.2) is 0 Å². The highest BCUT2D eigenvalue weighted by Crippen LogP contribution is 2.25. The maximum Gasteiger partial charge on any atom is 0.194 e. The molecule has 0 aromatic rings. The van der Waals surface area contributed by atoms with Gasteiger partial charge in [-0.1, -0.05) is 27.7 Å². The van der Waals surface area contributed by atoms with Crippen LogP contribution in [0.3, 0.4) is 0 Å². The molecule has 1 rings (SSSR count). The molecule has 5 heteroatoms. The van der Waals surface area contributed by atoms with Crippen LogP contribution in [0.2, 0.25) is 0 Å². The van der Waals surface area contributed by atoms with Crippen LogP contribution in [0.5, 0.6) is 0 Å². The number of hydrogen-bond acceptors (Lipinski definition) is 3. The predicted molar refractivity (Wildman–Crippen MR) is 94.2 cm³/mol.